The van der Waals surface area contributed by atoms with E-state index in [9.17, 15) is 9.59 Å². The van der Waals surface area contributed by atoms with Crippen molar-refractivity contribution in [3.8, 4) is 6.07 Å². The fourth-order valence-electron chi connectivity index (χ4n) is 3.91. The van der Waals surface area contributed by atoms with Crippen LogP contribution in [0.25, 0.3) is 10.9 Å². The topological polar surface area (TPSA) is 98.6 Å². The van der Waals surface area contributed by atoms with Crippen LogP contribution in [-0.4, -0.2) is 71.2 Å². The summed E-state index contributed by atoms with van der Waals surface area (Å²) in [5.74, 6) is 0.497. The number of nitrogens with one attached hydrogen (secondary N) is 1. The molecule has 2 aliphatic heterocycles. The molecule has 8 nitrogen and oxygen atoms in total. The van der Waals surface area contributed by atoms with Crippen LogP contribution in [0.1, 0.15) is 24.2 Å². The number of benzene rings is 1. The average molecular weight is 440 g/mol. The lowest BCUT2D eigenvalue weighted by Crippen LogP contribution is -2.48. The summed E-state index contributed by atoms with van der Waals surface area (Å²) in [6.07, 6.45) is 1.60. The summed E-state index contributed by atoms with van der Waals surface area (Å²) in [5.41, 5.74) is 1.96. The van der Waals surface area contributed by atoms with Crippen LogP contribution >= 0.6 is 11.8 Å². The summed E-state index contributed by atoms with van der Waals surface area (Å²) in [7, 11) is 0. The lowest BCUT2D eigenvalue weighted by molar-refractivity contribution is -0.129. The zero-order valence-electron chi connectivity index (χ0n) is 17.6. The lowest BCUT2D eigenvalue weighted by atomic mass is 10.0. The molecule has 162 valence electrons. The number of carbonyl (C=O) groups excluding carboxylic acids is 2. The number of morpholine rings is 1. The number of rotatable bonds is 4. The number of nitrogens with zero attached hydrogens (tertiary/aromatic N) is 4. The molecule has 1 N–H and O–H groups in total. The van der Waals surface area contributed by atoms with Gasteiger partial charge >= 0.3 is 0 Å². The SMILES string of the molecule is CC1(C)CN(c2ccc3nccc(C(=O)NCC(=O)N4CSC[C@H]4C#N)c3c2)CCO1. The van der Waals surface area contributed by atoms with Gasteiger partial charge in [0.2, 0.25) is 5.91 Å². The Hall–Kier alpha value is -2.83. The molecule has 0 spiro atoms. The van der Waals surface area contributed by atoms with Crippen LogP contribution in [0.5, 0.6) is 0 Å². The van der Waals surface area contributed by atoms with Gasteiger partial charge in [-0.3, -0.25) is 14.6 Å². The van der Waals surface area contributed by atoms with Gasteiger partial charge < -0.3 is 19.9 Å². The third-order valence-corrected chi connectivity index (χ3v) is 6.52. The number of pyridine rings is 1. The van der Waals surface area contributed by atoms with E-state index in [1.807, 2.05) is 18.2 Å². The number of hydrogen-bond acceptors (Lipinski definition) is 7. The molecule has 2 aliphatic rings. The predicted molar refractivity (Wildman–Crippen MR) is 120 cm³/mol. The highest BCUT2D eigenvalue weighted by molar-refractivity contribution is 7.99. The van der Waals surface area contributed by atoms with Gasteiger partial charge in [-0.15, -0.1) is 11.8 Å². The van der Waals surface area contributed by atoms with E-state index in [0.29, 0.717) is 23.8 Å². The summed E-state index contributed by atoms with van der Waals surface area (Å²) in [6, 6.07) is 9.26. The van der Waals surface area contributed by atoms with Crippen LogP contribution in [0, 0.1) is 11.3 Å². The molecule has 1 atom stereocenters. The van der Waals surface area contributed by atoms with E-state index in [2.05, 4.69) is 35.1 Å². The quantitative estimate of drug-likeness (QED) is 0.778. The van der Waals surface area contributed by atoms with Gasteiger partial charge in [-0.05, 0) is 38.1 Å². The molecule has 1 aromatic carbocycles. The summed E-state index contributed by atoms with van der Waals surface area (Å²) >= 11 is 1.54. The second kappa shape index (κ2) is 8.73. The minimum absolute atomic E-state index is 0.140. The maximum absolute atomic E-state index is 12.9. The molecule has 31 heavy (non-hydrogen) atoms. The highest BCUT2D eigenvalue weighted by atomic mass is 32.2. The number of ether oxygens (including phenoxy) is 1. The van der Waals surface area contributed by atoms with Gasteiger partial charge in [0.25, 0.3) is 5.91 Å². The maximum Gasteiger partial charge on any atom is 0.252 e. The van der Waals surface area contributed by atoms with Crippen molar-refractivity contribution in [1.82, 2.24) is 15.2 Å². The molecule has 2 aromatic rings. The molecule has 0 aliphatic carbocycles. The Kier molecular flexibility index (Phi) is 6.03. The first kappa shape index (κ1) is 21.4. The predicted octanol–water partition coefficient (Wildman–Crippen LogP) is 2.00. The fourth-order valence-corrected chi connectivity index (χ4v) is 5.02. The van der Waals surface area contributed by atoms with Crippen LogP contribution in [-0.2, 0) is 9.53 Å². The second-order valence-electron chi connectivity index (χ2n) is 8.28. The van der Waals surface area contributed by atoms with Gasteiger partial charge in [0.1, 0.15) is 6.04 Å². The molecule has 0 radical (unpaired) electrons. The van der Waals surface area contributed by atoms with E-state index in [-0.39, 0.29) is 24.0 Å². The average Bonchev–Trinajstić information content (AvgIpc) is 3.25. The van der Waals surface area contributed by atoms with Crippen molar-refractivity contribution >= 4 is 40.2 Å². The van der Waals surface area contributed by atoms with Crippen molar-refractivity contribution in [3.63, 3.8) is 0 Å². The Labute approximate surface area is 185 Å². The zero-order chi connectivity index (χ0) is 22.0. The number of hydrogen-bond donors (Lipinski definition) is 1. The number of nitriles is 1. The molecule has 0 unspecified atom stereocenters. The minimum Gasteiger partial charge on any atom is -0.372 e. The Morgan fingerprint density at radius 1 is 1.39 bits per heavy atom. The normalized spacial score (nSPS) is 20.5. The van der Waals surface area contributed by atoms with Crippen LogP contribution in [0.4, 0.5) is 5.69 Å². The maximum atomic E-state index is 12.9. The molecule has 4 rings (SSSR count). The van der Waals surface area contributed by atoms with E-state index in [0.717, 1.165) is 29.7 Å². The monoisotopic (exact) mass is 439 g/mol. The summed E-state index contributed by atoms with van der Waals surface area (Å²) < 4.78 is 5.80. The molecule has 3 heterocycles. The third-order valence-electron chi connectivity index (χ3n) is 5.51. The van der Waals surface area contributed by atoms with Gasteiger partial charge in [-0.25, -0.2) is 0 Å². The molecule has 2 saturated heterocycles. The van der Waals surface area contributed by atoms with Crippen LogP contribution in [0.15, 0.2) is 30.5 Å². The van der Waals surface area contributed by atoms with Gasteiger partial charge in [0.15, 0.2) is 0 Å². The van der Waals surface area contributed by atoms with Crippen molar-refractivity contribution in [1.29, 1.82) is 5.26 Å². The van der Waals surface area contributed by atoms with Crippen molar-refractivity contribution in [2.45, 2.75) is 25.5 Å². The molecular weight excluding hydrogens is 414 g/mol. The van der Waals surface area contributed by atoms with Crippen molar-refractivity contribution in [3.05, 3.63) is 36.0 Å². The first-order valence-corrected chi connectivity index (χ1v) is 11.4. The largest absolute Gasteiger partial charge is 0.372 e. The summed E-state index contributed by atoms with van der Waals surface area (Å²) in [5, 5.41) is 12.6. The molecule has 9 heteroatoms. The van der Waals surface area contributed by atoms with E-state index in [4.69, 9.17) is 10.00 Å². The first-order chi connectivity index (χ1) is 14.9. The van der Waals surface area contributed by atoms with E-state index >= 15 is 0 Å². The Balaban J connectivity index is 1.52. The summed E-state index contributed by atoms with van der Waals surface area (Å²) in [4.78, 5) is 33.5. The fraction of sp³-hybridized carbons (Fsp3) is 0.455. The van der Waals surface area contributed by atoms with E-state index in [1.54, 1.807) is 12.3 Å². The van der Waals surface area contributed by atoms with Crippen molar-refractivity contribution in [2.24, 2.45) is 0 Å². The zero-order valence-corrected chi connectivity index (χ0v) is 18.4. The summed E-state index contributed by atoms with van der Waals surface area (Å²) in [6.45, 7) is 6.16. The highest BCUT2D eigenvalue weighted by Crippen LogP contribution is 2.27. The molecule has 1 aromatic heterocycles. The Morgan fingerprint density at radius 3 is 3.00 bits per heavy atom. The van der Waals surface area contributed by atoms with Crippen LogP contribution in [0.3, 0.4) is 0 Å². The number of carbonyl (C=O) groups is 2. The lowest BCUT2D eigenvalue weighted by Gasteiger charge is -2.39. The number of aromatic nitrogens is 1. The Morgan fingerprint density at radius 2 is 2.23 bits per heavy atom. The van der Waals surface area contributed by atoms with Crippen LogP contribution < -0.4 is 10.2 Å². The molecular formula is C22H25N5O3S. The first-order valence-electron chi connectivity index (χ1n) is 10.2. The third kappa shape index (κ3) is 4.60. The number of anilines is 1. The van der Waals surface area contributed by atoms with Crippen LogP contribution in [0.2, 0.25) is 0 Å². The van der Waals surface area contributed by atoms with Gasteiger partial charge in [0, 0.05) is 36.1 Å². The molecule has 0 bridgehead atoms. The van der Waals surface area contributed by atoms with Crippen molar-refractivity contribution in [2.75, 3.05) is 42.8 Å². The highest BCUT2D eigenvalue weighted by Gasteiger charge is 2.30. The van der Waals surface area contributed by atoms with Gasteiger partial charge in [-0.1, -0.05) is 0 Å². The van der Waals surface area contributed by atoms with E-state index < -0.39 is 6.04 Å². The molecule has 0 saturated carbocycles. The van der Waals surface area contributed by atoms with E-state index in [1.165, 1.54) is 16.7 Å². The Bertz CT molecular complexity index is 1050. The van der Waals surface area contributed by atoms with Gasteiger partial charge in [0.05, 0.1) is 41.8 Å². The number of fused-ring (bicyclic) bond motifs is 1. The standard InChI is InChI=1S/C22H25N5O3S/c1-22(2)13-26(7-8-30-22)15-3-4-19-18(9-15)17(5-6-24-19)21(29)25-11-20(28)27-14-31-12-16(27)10-23/h3-6,9,16H,7-8,11-14H2,1-2H3,(H,25,29)/t16-/m1/s1. The number of thioether (sulfide) groups is 1. The minimum atomic E-state index is -0.434. The number of amides is 2. The van der Waals surface area contributed by atoms with Gasteiger partial charge in [-0.2, -0.15) is 5.26 Å². The second-order valence-corrected chi connectivity index (χ2v) is 9.28. The van der Waals surface area contributed by atoms with Crippen molar-refractivity contribution < 1.29 is 14.3 Å². The molecule has 2 amide bonds. The smallest absolute Gasteiger partial charge is 0.252 e. The molecule has 2 fully saturated rings.